The van der Waals surface area contributed by atoms with Gasteiger partial charge in [-0.05, 0) is 30.3 Å². The van der Waals surface area contributed by atoms with Crippen LogP contribution in [0.2, 0.25) is 0 Å². The van der Waals surface area contributed by atoms with Gasteiger partial charge in [0.2, 0.25) is 0 Å². The van der Waals surface area contributed by atoms with Crippen LogP contribution in [0, 0.1) is 0 Å². The highest BCUT2D eigenvalue weighted by Crippen LogP contribution is 2.11. The topological polar surface area (TPSA) is 85.2 Å². The normalized spacial score (nSPS) is 10.2. The molecule has 2 rings (SSSR count). The van der Waals surface area contributed by atoms with Crippen molar-refractivity contribution in [3.63, 3.8) is 0 Å². The van der Waals surface area contributed by atoms with E-state index in [9.17, 15) is 9.59 Å². The molecule has 8 heteroatoms. The molecule has 1 heterocycles. The first-order valence-corrected chi connectivity index (χ1v) is 7.82. The molecule has 0 bridgehead atoms. The highest BCUT2D eigenvalue weighted by atomic mass is 35.5. The average Bonchev–Trinajstić information content (AvgIpc) is 2.59. The Morgan fingerprint density at radius 2 is 2.08 bits per heavy atom. The van der Waals surface area contributed by atoms with E-state index in [4.69, 9.17) is 4.74 Å². The van der Waals surface area contributed by atoms with E-state index in [1.807, 2.05) is 31.2 Å². The van der Waals surface area contributed by atoms with Crippen molar-refractivity contribution in [1.29, 1.82) is 0 Å². The lowest BCUT2D eigenvalue weighted by Gasteiger charge is -2.09. The number of rotatable bonds is 8. The van der Waals surface area contributed by atoms with Crippen LogP contribution in [0.3, 0.4) is 0 Å². The van der Waals surface area contributed by atoms with Gasteiger partial charge in [-0.1, -0.05) is 19.1 Å². The highest BCUT2D eigenvalue weighted by Gasteiger charge is 2.10. The van der Waals surface area contributed by atoms with Gasteiger partial charge in [0.15, 0.2) is 0 Å². The van der Waals surface area contributed by atoms with Crippen molar-refractivity contribution in [2.24, 2.45) is 0 Å². The molecular weight excluding hydrogens is 344 g/mol. The molecule has 0 radical (unpaired) electrons. The molecule has 2 N–H and O–H groups in total. The summed E-state index contributed by atoms with van der Waals surface area (Å²) in [5.74, 6) is -0.359. The number of methoxy groups -OCH3 is 1. The molecule has 0 unspecified atom stereocenters. The highest BCUT2D eigenvalue weighted by molar-refractivity contribution is 6.02. The molecule has 0 spiro atoms. The fourth-order valence-corrected chi connectivity index (χ4v) is 2.13. The number of hydrogen-bond acceptors (Lipinski definition) is 5. The summed E-state index contributed by atoms with van der Waals surface area (Å²) in [6.07, 6.45) is 0. The molecule has 1 aromatic heterocycles. The van der Waals surface area contributed by atoms with E-state index in [0.717, 1.165) is 18.7 Å². The zero-order valence-corrected chi connectivity index (χ0v) is 15.1. The molecule has 2 aromatic rings. The standard InChI is InChI=1S/C17H22N4O3.ClH/c1-3-18-12-13-5-4-6-14(11-13)19-17(23)15-7-8-16(22)21(20-15)9-10-24-2;/h4-8,11,18H,3,9-10,12H2,1-2H3,(H,19,23);1H. The van der Waals surface area contributed by atoms with Gasteiger partial charge in [-0.25, -0.2) is 4.68 Å². The molecule has 25 heavy (non-hydrogen) atoms. The number of ether oxygens (including phenoxy) is 1. The Balaban J connectivity index is 0.00000312. The maximum atomic E-state index is 12.3. The van der Waals surface area contributed by atoms with Crippen molar-refractivity contribution in [3.05, 3.63) is 58.0 Å². The Kier molecular flexibility index (Phi) is 8.83. The van der Waals surface area contributed by atoms with Crippen molar-refractivity contribution < 1.29 is 9.53 Å². The molecule has 0 aliphatic carbocycles. The van der Waals surface area contributed by atoms with Crippen molar-refractivity contribution >= 4 is 24.0 Å². The second-order valence-electron chi connectivity index (χ2n) is 5.21. The summed E-state index contributed by atoms with van der Waals surface area (Å²) in [5, 5.41) is 10.1. The minimum Gasteiger partial charge on any atom is -0.383 e. The minimum absolute atomic E-state index is 0. The van der Waals surface area contributed by atoms with E-state index in [2.05, 4.69) is 15.7 Å². The van der Waals surface area contributed by atoms with Gasteiger partial charge in [0.05, 0.1) is 13.2 Å². The SMILES string of the molecule is CCNCc1cccc(NC(=O)c2ccc(=O)n(CCOC)n2)c1.Cl. The van der Waals surface area contributed by atoms with Crippen molar-refractivity contribution in [2.75, 3.05) is 25.6 Å². The average molecular weight is 367 g/mol. The number of nitrogens with one attached hydrogen (secondary N) is 2. The van der Waals surface area contributed by atoms with Gasteiger partial charge in [-0.15, -0.1) is 12.4 Å². The van der Waals surface area contributed by atoms with E-state index in [0.29, 0.717) is 18.8 Å². The first-order valence-electron chi connectivity index (χ1n) is 7.82. The Bertz CT molecular complexity index is 749. The second-order valence-corrected chi connectivity index (χ2v) is 5.21. The third-order valence-corrected chi connectivity index (χ3v) is 3.37. The van der Waals surface area contributed by atoms with E-state index in [-0.39, 0.29) is 29.6 Å². The molecule has 1 amide bonds. The molecule has 0 fully saturated rings. The Hall–Kier alpha value is -2.22. The van der Waals surface area contributed by atoms with Crippen LogP contribution in [-0.4, -0.2) is 35.9 Å². The van der Waals surface area contributed by atoms with E-state index in [1.165, 1.54) is 16.8 Å². The monoisotopic (exact) mass is 366 g/mol. The molecular formula is C17H23ClN4O3. The number of carbonyl (C=O) groups is 1. The van der Waals surface area contributed by atoms with Crippen molar-refractivity contribution in [1.82, 2.24) is 15.1 Å². The number of hydrogen-bond donors (Lipinski definition) is 2. The van der Waals surface area contributed by atoms with Crippen LogP contribution in [0.5, 0.6) is 0 Å². The molecule has 7 nitrogen and oxygen atoms in total. The van der Waals surface area contributed by atoms with Crippen LogP contribution in [0.25, 0.3) is 0 Å². The number of carbonyl (C=O) groups excluding carboxylic acids is 1. The third kappa shape index (κ3) is 6.30. The lowest BCUT2D eigenvalue weighted by atomic mass is 10.2. The van der Waals surface area contributed by atoms with Crippen molar-refractivity contribution in [3.8, 4) is 0 Å². The number of benzene rings is 1. The number of halogens is 1. The maximum Gasteiger partial charge on any atom is 0.276 e. The van der Waals surface area contributed by atoms with Gasteiger partial charge in [0.25, 0.3) is 11.5 Å². The molecule has 0 aliphatic heterocycles. The number of aromatic nitrogens is 2. The molecule has 1 aromatic carbocycles. The summed E-state index contributed by atoms with van der Waals surface area (Å²) in [5.41, 5.74) is 1.68. The Morgan fingerprint density at radius 1 is 1.28 bits per heavy atom. The zero-order chi connectivity index (χ0) is 17.4. The number of amides is 1. The summed E-state index contributed by atoms with van der Waals surface area (Å²) in [4.78, 5) is 24.1. The maximum absolute atomic E-state index is 12.3. The quantitative estimate of drug-likeness (QED) is 0.742. The predicted octanol–water partition coefficient (Wildman–Crippen LogP) is 1.67. The molecule has 136 valence electrons. The van der Waals surface area contributed by atoms with Gasteiger partial charge in [0.1, 0.15) is 5.69 Å². The molecule has 0 saturated heterocycles. The third-order valence-electron chi connectivity index (χ3n) is 3.37. The van der Waals surface area contributed by atoms with Crippen LogP contribution >= 0.6 is 12.4 Å². The van der Waals surface area contributed by atoms with Gasteiger partial charge in [-0.3, -0.25) is 9.59 Å². The van der Waals surface area contributed by atoms with Gasteiger partial charge >= 0.3 is 0 Å². The van der Waals surface area contributed by atoms with Crippen LogP contribution in [0.4, 0.5) is 5.69 Å². The van der Waals surface area contributed by atoms with E-state index in [1.54, 1.807) is 7.11 Å². The van der Waals surface area contributed by atoms with Crippen LogP contribution in [0.15, 0.2) is 41.2 Å². The minimum atomic E-state index is -0.359. The lowest BCUT2D eigenvalue weighted by molar-refractivity contribution is 0.101. The largest absolute Gasteiger partial charge is 0.383 e. The zero-order valence-electron chi connectivity index (χ0n) is 14.3. The number of anilines is 1. The summed E-state index contributed by atoms with van der Waals surface area (Å²) in [6.45, 7) is 4.30. The Morgan fingerprint density at radius 3 is 2.80 bits per heavy atom. The summed E-state index contributed by atoms with van der Waals surface area (Å²) in [6, 6.07) is 10.3. The van der Waals surface area contributed by atoms with Crippen molar-refractivity contribution in [2.45, 2.75) is 20.0 Å². The molecule has 0 atom stereocenters. The summed E-state index contributed by atoms with van der Waals surface area (Å²) >= 11 is 0. The van der Waals surface area contributed by atoms with Gasteiger partial charge in [-0.2, -0.15) is 5.10 Å². The van der Waals surface area contributed by atoms with Crippen LogP contribution < -0.4 is 16.2 Å². The van der Waals surface area contributed by atoms with Gasteiger partial charge in [0, 0.05) is 25.4 Å². The lowest BCUT2D eigenvalue weighted by Crippen LogP contribution is -2.27. The predicted molar refractivity (Wildman–Crippen MR) is 99.4 cm³/mol. The summed E-state index contributed by atoms with van der Waals surface area (Å²) in [7, 11) is 1.54. The smallest absolute Gasteiger partial charge is 0.276 e. The molecule has 0 saturated carbocycles. The van der Waals surface area contributed by atoms with Crippen LogP contribution in [-0.2, 0) is 17.8 Å². The van der Waals surface area contributed by atoms with Crippen LogP contribution in [0.1, 0.15) is 23.0 Å². The second kappa shape index (κ2) is 10.6. The first kappa shape index (κ1) is 20.8. The fraction of sp³-hybridized carbons (Fsp3) is 0.353. The number of nitrogens with zero attached hydrogens (tertiary/aromatic N) is 2. The first-order chi connectivity index (χ1) is 11.6. The van der Waals surface area contributed by atoms with Gasteiger partial charge < -0.3 is 15.4 Å². The fourth-order valence-electron chi connectivity index (χ4n) is 2.13. The van der Waals surface area contributed by atoms with E-state index < -0.39 is 0 Å². The Labute approximate surface area is 152 Å². The van der Waals surface area contributed by atoms with E-state index >= 15 is 0 Å². The molecule has 0 aliphatic rings. The summed E-state index contributed by atoms with van der Waals surface area (Å²) < 4.78 is 6.16.